The molecule has 1 amide bonds. The minimum absolute atomic E-state index is 0.0270. The van der Waals surface area contributed by atoms with E-state index in [9.17, 15) is 9.18 Å². The number of rotatable bonds is 6. The first-order valence-electron chi connectivity index (χ1n) is 9.10. The third-order valence-electron chi connectivity index (χ3n) is 4.83. The summed E-state index contributed by atoms with van der Waals surface area (Å²) in [5, 5.41) is 1.11. The molecule has 5 nitrogen and oxygen atoms in total. The van der Waals surface area contributed by atoms with Gasteiger partial charge in [0.2, 0.25) is 5.91 Å². The Labute approximate surface area is 174 Å². The molecule has 1 heterocycles. The second kappa shape index (κ2) is 8.76. The first-order valence-corrected chi connectivity index (χ1v) is 9.48. The van der Waals surface area contributed by atoms with Gasteiger partial charge < -0.3 is 14.4 Å². The predicted octanol–water partition coefficient (Wildman–Crippen LogP) is 5.29. The molecule has 0 radical (unpaired) electrons. The molecule has 0 aliphatic carbocycles. The third kappa shape index (κ3) is 4.33. The minimum Gasteiger partial charge on any atom is -0.455 e. The Bertz CT molecular complexity index is 1060. The average molecular weight is 417 g/mol. The van der Waals surface area contributed by atoms with Crippen molar-refractivity contribution in [3.63, 3.8) is 0 Å². The standard InChI is InChI=1S/C22H22ClFN2O3/c1-13-19(11-15-7-5-9-17(24)22(15)25-13)29-18-10-6-8-16(23)21(18)14(2)26(3)20(27)12-28-4/h5-11,14H,12H2,1-4H3. The molecule has 3 aromatic rings. The van der Waals surface area contributed by atoms with Gasteiger partial charge >= 0.3 is 0 Å². The highest BCUT2D eigenvalue weighted by Gasteiger charge is 2.23. The number of likely N-dealkylation sites (N-methyl/N-ethyl adjacent to an activating group) is 1. The maximum atomic E-state index is 14.0. The van der Waals surface area contributed by atoms with Crippen LogP contribution in [0.15, 0.2) is 42.5 Å². The molecule has 152 valence electrons. The second-order valence-electron chi connectivity index (χ2n) is 6.75. The van der Waals surface area contributed by atoms with Crippen molar-refractivity contribution in [2.75, 3.05) is 20.8 Å². The van der Waals surface area contributed by atoms with E-state index in [2.05, 4.69) is 4.98 Å². The fourth-order valence-corrected chi connectivity index (χ4v) is 3.43. The summed E-state index contributed by atoms with van der Waals surface area (Å²) >= 11 is 6.46. The highest BCUT2D eigenvalue weighted by atomic mass is 35.5. The highest BCUT2D eigenvalue weighted by molar-refractivity contribution is 6.31. The Kier molecular flexibility index (Phi) is 6.35. The van der Waals surface area contributed by atoms with Crippen molar-refractivity contribution in [1.29, 1.82) is 0 Å². The van der Waals surface area contributed by atoms with Crippen LogP contribution in [0.1, 0.15) is 24.2 Å². The Balaban J connectivity index is 2.01. The molecular formula is C22H22ClFN2O3. The number of carbonyl (C=O) groups is 1. The summed E-state index contributed by atoms with van der Waals surface area (Å²) in [6, 6.07) is 11.5. The number of pyridine rings is 1. The maximum absolute atomic E-state index is 14.0. The zero-order chi connectivity index (χ0) is 21.1. The summed E-state index contributed by atoms with van der Waals surface area (Å²) in [6.45, 7) is 3.59. The van der Waals surface area contributed by atoms with E-state index in [1.165, 1.54) is 13.2 Å². The molecule has 0 bridgehead atoms. The number of aromatic nitrogens is 1. The van der Waals surface area contributed by atoms with Crippen molar-refractivity contribution in [2.45, 2.75) is 19.9 Å². The average Bonchev–Trinajstić information content (AvgIpc) is 2.68. The number of hydrogen-bond acceptors (Lipinski definition) is 4. The van der Waals surface area contributed by atoms with E-state index in [1.54, 1.807) is 55.3 Å². The molecule has 1 unspecified atom stereocenters. The van der Waals surface area contributed by atoms with Crippen LogP contribution in [0, 0.1) is 12.7 Å². The molecule has 7 heteroatoms. The number of amides is 1. The van der Waals surface area contributed by atoms with Gasteiger partial charge in [-0.3, -0.25) is 4.79 Å². The molecule has 1 atom stereocenters. The summed E-state index contributed by atoms with van der Waals surface area (Å²) in [6.07, 6.45) is 0. The number of carbonyl (C=O) groups excluding carboxylic acids is 1. The number of methoxy groups -OCH3 is 1. The zero-order valence-electron chi connectivity index (χ0n) is 16.7. The van der Waals surface area contributed by atoms with Crippen LogP contribution >= 0.6 is 11.6 Å². The lowest BCUT2D eigenvalue weighted by Gasteiger charge is -2.27. The Morgan fingerprint density at radius 1 is 1.24 bits per heavy atom. The van der Waals surface area contributed by atoms with Gasteiger partial charge in [-0.05, 0) is 38.1 Å². The highest BCUT2D eigenvalue weighted by Crippen LogP contribution is 2.38. The van der Waals surface area contributed by atoms with E-state index in [4.69, 9.17) is 21.1 Å². The van der Waals surface area contributed by atoms with Crippen LogP contribution in [0.2, 0.25) is 5.02 Å². The van der Waals surface area contributed by atoms with Crippen LogP contribution < -0.4 is 4.74 Å². The minimum atomic E-state index is -0.382. The largest absolute Gasteiger partial charge is 0.455 e. The van der Waals surface area contributed by atoms with E-state index in [0.29, 0.717) is 38.7 Å². The molecule has 1 aromatic heterocycles. The summed E-state index contributed by atoms with van der Waals surface area (Å²) < 4.78 is 25.1. The van der Waals surface area contributed by atoms with Gasteiger partial charge in [0.1, 0.15) is 29.4 Å². The molecule has 0 aliphatic heterocycles. The summed E-state index contributed by atoms with van der Waals surface area (Å²) in [4.78, 5) is 18.1. The predicted molar refractivity (Wildman–Crippen MR) is 111 cm³/mol. The van der Waals surface area contributed by atoms with Gasteiger partial charge in [-0.1, -0.05) is 29.8 Å². The second-order valence-corrected chi connectivity index (χ2v) is 7.16. The number of nitrogens with zero attached hydrogens (tertiary/aromatic N) is 2. The molecule has 0 spiro atoms. The first kappa shape index (κ1) is 21.0. The van der Waals surface area contributed by atoms with Crippen molar-refractivity contribution in [2.24, 2.45) is 0 Å². The SMILES string of the molecule is COCC(=O)N(C)C(C)c1c(Cl)cccc1Oc1cc2cccc(F)c2nc1C. The summed E-state index contributed by atoms with van der Waals surface area (Å²) in [5.74, 6) is 0.435. The third-order valence-corrected chi connectivity index (χ3v) is 5.16. The van der Waals surface area contributed by atoms with Crippen molar-refractivity contribution in [3.05, 3.63) is 64.6 Å². The van der Waals surface area contributed by atoms with Gasteiger partial charge in [0, 0.05) is 30.1 Å². The van der Waals surface area contributed by atoms with Crippen LogP contribution in [-0.4, -0.2) is 36.6 Å². The number of aryl methyl sites for hydroxylation is 1. The van der Waals surface area contributed by atoms with E-state index in [1.807, 2.05) is 6.92 Å². The van der Waals surface area contributed by atoms with Gasteiger partial charge in [-0.2, -0.15) is 0 Å². The smallest absolute Gasteiger partial charge is 0.248 e. The molecule has 2 aromatic carbocycles. The number of para-hydroxylation sites is 1. The molecule has 0 aliphatic rings. The first-order chi connectivity index (χ1) is 13.8. The number of ether oxygens (including phenoxy) is 2. The van der Waals surface area contributed by atoms with Gasteiger partial charge in [0.15, 0.2) is 0 Å². The lowest BCUT2D eigenvalue weighted by atomic mass is 10.1. The lowest BCUT2D eigenvalue weighted by Crippen LogP contribution is -2.32. The van der Waals surface area contributed by atoms with Gasteiger partial charge in [0.05, 0.1) is 11.7 Å². The van der Waals surface area contributed by atoms with E-state index >= 15 is 0 Å². The summed E-state index contributed by atoms with van der Waals surface area (Å²) in [7, 11) is 3.16. The Morgan fingerprint density at radius 3 is 2.69 bits per heavy atom. The van der Waals surface area contributed by atoms with Crippen LogP contribution in [-0.2, 0) is 9.53 Å². The van der Waals surface area contributed by atoms with Crippen molar-refractivity contribution >= 4 is 28.4 Å². The molecule has 29 heavy (non-hydrogen) atoms. The van der Waals surface area contributed by atoms with Gasteiger partial charge in [0.25, 0.3) is 0 Å². The molecule has 0 fully saturated rings. The zero-order valence-corrected chi connectivity index (χ0v) is 17.5. The lowest BCUT2D eigenvalue weighted by molar-refractivity contribution is -0.135. The Hall–Kier alpha value is -2.70. The monoisotopic (exact) mass is 416 g/mol. The van der Waals surface area contributed by atoms with Crippen molar-refractivity contribution in [1.82, 2.24) is 9.88 Å². The number of benzene rings is 2. The number of fused-ring (bicyclic) bond motifs is 1. The van der Waals surface area contributed by atoms with Gasteiger partial charge in [-0.15, -0.1) is 0 Å². The molecule has 0 saturated carbocycles. The van der Waals surface area contributed by atoms with E-state index < -0.39 is 0 Å². The fraction of sp³-hybridized carbons (Fsp3) is 0.273. The van der Waals surface area contributed by atoms with E-state index in [-0.39, 0.29) is 24.4 Å². The summed E-state index contributed by atoms with van der Waals surface area (Å²) in [5.41, 5.74) is 1.51. The molecule has 0 N–H and O–H groups in total. The number of halogens is 2. The normalized spacial score (nSPS) is 12.1. The molecular weight excluding hydrogens is 395 g/mol. The van der Waals surface area contributed by atoms with Crippen LogP contribution in [0.5, 0.6) is 11.5 Å². The van der Waals surface area contributed by atoms with E-state index in [0.717, 1.165) is 0 Å². The fourth-order valence-electron chi connectivity index (χ4n) is 3.10. The molecule has 0 saturated heterocycles. The molecule has 3 rings (SSSR count). The van der Waals surface area contributed by atoms with Crippen LogP contribution in [0.4, 0.5) is 4.39 Å². The van der Waals surface area contributed by atoms with Crippen molar-refractivity contribution < 1.29 is 18.7 Å². The van der Waals surface area contributed by atoms with Crippen molar-refractivity contribution in [3.8, 4) is 11.5 Å². The maximum Gasteiger partial charge on any atom is 0.248 e. The van der Waals surface area contributed by atoms with Crippen LogP contribution in [0.25, 0.3) is 10.9 Å². The topological polar surface area (TPSA) is 51.7 Å². The van der Waals surface area contributed by atoms with Gasteiger partial charge in [-0.25, -0.2) is 9.37 Å². The van der Waals surface area contributed by atoms with Crippen LogP contribution in [0.3, 0.4) is 0 Å². The number of hydrogen-bond donors (Lipinski definition) is 0. The quantitative estimate of drug-likeness (QED) is 0.547. The Morgan fingerprint density at radius 2 is 1.97 bits per heavy atom.